The molecule has 7 nitrogen and oxygen atoms in total. The quantitative estimate of drug-likeness (QED) is 0.595. The number of halogens is 1. The van der Waals surface area contributed by atoms with Gasteiger partial charge in [0.1, 0.15) is 30.5 Å². The summed E-state index contributed by atoms with van der Waals surface area (Å²) in [5.74, 6) is 0.467. The van der Waals surface area contributed by atoms with Gasteiger partial charge in [-0.15, -0.1) is 0 Å². The summed E-state index contributed by atoms with van der Waals surface area (Å²) in [7, 11) is 0. The number of benzene rings is 2. The van der Waals surface area contributed by atoms with Crippen molar-refractivity contribution in [3.63, 3.8) is 0 Å². The second kappa shape index (κ2) is 8.03. The smallest absolute Gasteiger partial charge is 0.240 e. The van der Waals surface area contributed by atoms with E-state index in [-0.39, 0.29) is 43.2 Å². The molecule has 5 rings (SSSR count). The molecule has 33 heavy (non-hydrogen) atoms. The number of nitrogens with one attached hydrogen (secondary N) is 1. The average molecular weight is 449 g/mol. The number of carbonyl (C=O) groups excluding carboxylic acids is 2. The molecular weight excluding hydrogens is 425 g/mol. The largest absolute Gasteiger partial charge is 0.492 e. The summed E-state index contributed by atoms with van der Waals surface area (Å²) in [6.07, 6.45) is 0.654. The SMILES string of the molecule is Cc1noc(C)c1CNC(=O)CN1C(=O)[C@@]2(COc3ccc(F)cc3)C[C@H]2c2ccccc21. The van der Waals surface area contributed by atoms with Crippen molar-refractivity contribution >= 4 is 17.5 Å². The third-order valence-corrected chi connectivity index (χ3v) is 6.60. The molecule has 2 aliphatic rings. The van der Waals surface area contributed by atoms with Crippen molar-refractivity contribution in [3.05, 3.63) is 76.9 Å². The fourth-order valence-corrected chi connectivity index (χ4v) is 4.62. The van der Waals surface area contributed by atoms with Crippen molar-refractivity contribution in [1.82, 2.24) is 10.5 Å². The summed E-state index contributed by atoms with van der Waals surface area (Å²) in [5.41, 5.74) is 2.64. The van der Waals surface area contributed by atoms with Crippen molar-refractivity contribution in [2.24, 2.45) is 5.41 Å². The van der Waals surface area contributed by atoms with Crippen LogP contribution in [0.15, 0.2) is 53.1 Å². The van der Waals surface area contributed by atoms with Gasteiger partial charge in [0.25, 0.3) is 0 Å². The summed E-state index contributed by atoms with van der Waals surface area (Å²) >= 11 is 0. The lowest BCUT2D eigenvalue weighted by Gasteiger charge is -2.33. The number of hydrogen-bond acceptors (Lipinski definition) is 5. The van der Waals surface area contributed by atoms with E-state index in [9.17, 15) is 14.0 Å². The predicted octanol–water partition coefficient (Wildman–Crippen LogP) is 3.65. The third kappa shape index (κ3) is 3.75. The highest BCUT2D eigenvalue weighted by atomic mass is 19.1. The van der Waals surface area contributed by atoms with Crippen LogP contribution in [0.2, 0.25) is 0 Å². The number of fused-ring (bicyclic) bond motifs is 3. The average Bonchev–Trinajstić information content (AvgIpc) is 3.48. The lowest BCUT2D eigenvalue weighted by molar-refractivity contribution is -0.128. The summed E-state index contributed by atoms with van der Waals surface area (Å²) in [6.45, 7) is 3.98. The minimum atomic E-state index is -0.718. The van der Waals surface area contributed by atoms with Gasteiger partial charge >= 0.3 is 0 Å². The number of aryl methyl sites for hydroxylation is 2. The molecule has 1 aliphatic carbocycles. The number of para-hydroxylation sites is 1. The molecule has 2 atom stereocenters. The van der Waals surface area contributed by atoms with Crippen LogP contribution in [0, 0.1) is 25.1 Å². The number of carbonyl (C=O) groups is 2. The van der Waals surface area contributed by atoms with Crippen molar-refractivity contribution in [2.75, 3.05) is 18.1 Å². The van der Waals surface area contributed by atoms with Crippen molar-refractivity contribution in [1.29, 1.82) is 0 Å². The van der Waals surface area contributed by atoms with E-state index in [1.807, 2.05) is 31.2 Å². The van der Waals surface area contributed by atoms with Crippen LogP contribution in [0.4, 0.5) is 10.1 Å². The third-order valence-electron chi connectivity index (χ3n) is 6.60. The van der Waals surface area contributed by atoms with Gasteiger partial charge in [0, 0.05) is 23.7 Å². The highest BCUT2D eigenvalue weighted by Crippen LogP contribution is 2.65. The normalized spacial score (nSPS) is 20.8. The Kier molecular flexibility index (Phi) is 5.15. The molecule has 2 amide bonds. The van der Waals surface area contributed by atoms with Crippen LogP contribution in [-0.4, -0.2) is 30.1 Å². The van der Waals surface area contributed by atoms with Crippen LogP contribution in [0.1, 0.15) is 34.9 Å². The Morgan fingerprint density at radius 1 is 1.24 bits per heavy atom. The first-order valence-electron chi connectivity index (χ1n) is 10.9. The van der Waals surface area contributed by atoms with Crippen molar-refractivity contribution in [2.45, 2.75) is 32.7 Å². The molecule has 1 N–H and O–H groups in total. The summed E-state index contributed by atoms with van der Waals surface area (Å²) in [5, 5.41) is 6.77. The zero-order valence-electron chi connectivity index (χ0n) is 18.4. The molecule has 8 heteroatoms. The van der Waals surface area contributed by atoms with Gasteiger partial charge in [0.15, 0.2) is 0 Å². The van der Waals surface area contributed by atoms with E-state index in [1.54, 1.807) is 24.0 Å². The van der Waals surface area contributed by atoms with Gasteiger partial charge in [-0.25, -0.2) is 4.39 Å². The van der Waals surface area contributed by atoms with Crippen LogP contribution < -0.4 is 15.0 Å². The lowest BCUT2D eigenvalue weighted by atomic mass is 9.92. The second-order valence-corrected chi connectivity index (χ2v) is 8.69. The first-order chi connectivity index (χ1) is 15.9. The number of nitrogens with zero attached hydrogens (tertiary/aromatic N) is 2. The number of aromatic nitrogens is 1. The van der Waals surface area contributed by atoms with E-state index >= 15 is 0 Å². The Morgan fingerprint density at radius 3 is 2.73 bits per heavy atom. The van der Waals surface area contributed by atoms with E-state index < -0.39 is 5.41 Å². The minimum absolute atomic E-state index is 0.0447. The Labute approximate surface area is 190 Å². The highest BCUT2D eigenvalue weighted by Gasteiger charge is 2.66. The van der Waals surface area contributed by atoms with Crippen LogP contribution in [0.3, 0.4) is 0 Å². The van der Waals surface area contributed by atoms with Crippen molar-refractivity contribution in [3.8, 4) is 5.75 Å². The standard InChI is InChI=1S/C25H24FN3O4/c1-15-20(16(2)33-28-15)12-27-23(30)13-29-22-6-4-3-5-19(22)21-11-25(21,24(29)31)14-32-18-9-7-17(26)8-10-18/h3-10,21H,11-14H2,1-2H3,(H,27,30)/t21-,25+/m0/s1. The molecule has 0 bridgehead atoms. The second-order valence-electron chi connectivity index (χ2n) is 8.69. The Hall–Kier alpha value is -3.68. The van der Waals surface area contributed by atoms with Crippen LogP contribution >= 0.6 is 0 Å². The van der Waals surface area contributed by atoms with Crippen LogP contribution in [0.5, 0.6) is 5.75 Å². The van der Waals surface area contributed by atoms with Crippen LogP contribution in [-0.2, 0) is 16.1 Å². The molecule has 170 valence electrons. The fraction of sp³-hybridized carbons (Fsp3) is 0.320. The molecule has 3 aromatic rings. The maximum atomic E-state index is 13.6. The molecule has 1 aliphatic heterocycles. The molecule has 0 spiro atoms. The Morgan fingerprint density at radius 2 is 2.00 bits per heavy atom. The predicted molar refractivity (Wildman–Crippen MR) is 118 cm³/mol. The number of amides is 2. The van der Waals surface area contributed by atoms with E-state index in [2.05, 4.69) is 10.5 Å². The molecule has 0 radical (unpaired) electrons. The maximum absolute atomic E-state index is 13.6. The summed E-state index contributed by atoms with van der Waals surface area (Å²) in [6, 6.07) is 13.4. The number of hydrogen-bond donors (Lipinski definition) is 1. The van der Waals surface area contributed by atoms with Gasteiger partial charge in [0.05, 0.1) is 11.1 Å². The van der Waals surface area contributed by atoms with E-state index in [0.717, 1.165) is 22.5 Å². The zero-order chi connectivity index (χ0) is 23.2. The highest BCUT2D eigenvalue weighted by molar-refractivity contribution is 6.07. The maximum Gasteiger partial charge on any atom is 0.240 e. The van der Waals surface area contributed by atoms with E-state index in [4.69, 9.17) is 9.26 Å². The molecule has 2 heterocycles. The first kappa shape index (κ1) is 21.2. The molecule has 1 saturated carbocycles. The molecule has 1 fully saturated rings. The molecule has 0 unspecified atom stereocenters. The Bertz CT molecular complexity index is 1200. The van der Waals surface area contributed by atoms with E-state index in [0.29, 0.717) is 17.9 Å². The lowest BCUT2D eigenvalue weighted by Crippen LogP contribution is -2.48. The topological polar surface area (TPSA) is 84.7 Å². The summed E-state index contributed by atoms with van der Waals surface area (Å²) < 4.78 is 24.2. The minimum Gasteiger partial charge on any atom is -0.492 e. The van der Waals surface area contributed by atoms with Crippen LogP contribution in [0.25, 0.3) is 0 Å². The molecule has 1 aromatic heterocycles. The monoisotopic (exact) mass is 449 g/mol. The van der Waals surface area contributed by atoms with Gasteiger partial charge < -0.3 is 19.5 Å². The van der Waals surface area contributed by atoms with Gasteiger partial charge in [-0.2, -0.15) is 0 Å². The molecule has 2 aromatic carbocycles. The fourth-order valence-electron chi connectivity index (χ4n) is 4.62. The molecule has 0 saturated heterocycles. The van der Waals surface area contributed by atoms with Gasteiger partial charge in [-0.05, 0) is 56.2 Å². The summed E-state index contributed by atoms with van der Waals surface area (Å²) in [4.78, 5) is 27.9. The number of ether oxygens (including phenoxy) is 1. The van der Waals surface area contributed by atoms with E-state index in [1.165, 1.54) is 12.1 Å². The first-order valence-corrected chi connectivity index (χ1v) is 10.9. The van der Waals surface area contributed by atoms with Crippen molar-refractivity contribution < 1.29 is 23.2 Å². The van der Waals surface area contributed by atoms with Gasteiger partial charge in [-0.3, -0.25) is 9.59 Å². The Balaban J connectivity index is 1.33. The number of anilines is 1. The number of rotatable bonds is 7. The molecular formula is C25H24FN3O4. The van der Waals surface area contributed by atoms with Gasteiger partial charge in [0.2, 0.25) is 11.8 Å². The zero-order valence-corrected chi connectivity index (χ0v) is 18.4. The van der Waals surface area contributed by atoms with Gasteiger partial charge in [-0.1, -0.05) is 23.4 Å².